The molecule has 0 saturated heterocycles. The van der Waals surface area contributed by atoms with Crippen LogP contribution in [0.3, 0.4) is 0 Å². The van der Waals surface area contributed by atoms with E-state index in [1.54, 1.807) is 6.07 Å². The highest BCUT2D eigenvalue weighted by molar-refractivity contribution is 8.00. The van der Waals surface area contributed by atoms with Crippen LogP contribution in [0.25, 0.3) is 0 Å². The van der Waals surface area contributed by atoms with Crippen LogP contribution in [0.1, 0.15) is 0 Å². The molecule has 0 saturated carbocycles. The fourth-order valence-corrected chi connectivity index (χ4v) is 1.82. The highest BCUT2D eigenvalue weighted by Gasteiger charge is 2.12. The number of benzene rings is 1. The maximum Gasteiger partial charge on any atom is 0.231 e. The molecule has 3 N–H and O–H groups in total. The van der Waals surface area contributed by atoms with Crippen molar-refractivity contribution in [2.75, 3.05) is 18.0 Å². The first-order valence-corrected chi connectivity index (χ1v) is 5.54. The third-order valence-corrected chi connectivity index (χ3v) is 2.82. The number of nitrogens with zero attached hydrogens (tertiary/aromatic N) is 1. The second-order valence-corrected chi connectivity index (χ2v) is 4.02. The number of thioether (sulfide) groups is 1. The molecule has 0 spiro atoms. The lowest BCUT2D eigenvalue weighted by Crippen LogP contribution is -2.25. The summed E-state index contributed by atoms with van der Waals surface area (Å²) in [7, 11) is 0. The van der Waals surface area contributed by atoms with Gasteiger partial charge < -0.3 is 11.1 Å². The van der Waals surface area contributed by atoms with Crippen molar-refractivity contribution in [3.8, 4) is 6.07 Å². The lowest BCUT2D eigenvalue weighted by molar-refractivity contribution is -0.118. The fraction of sp³-hybridized carbons (Fsp3) is 0.200. The smallest absolute Gasteiger partial charge is 0.231 e. The van der Waals surface area contributed by atoms with Gasteiger partial charge in [0.25, 0.3) is 0 Å². The van der Waals surface area contributed by atoms with Crippen LogP contribution in [-0.2, 0) is 4.79 Å². The molecule has 0 heterocycles. The van der Waals surface area contributed by atoms with Gasteiger partial charge in [-0.1, -0.05) is 0 Å². The van der Waals surface area contributed by atoms with Crippen molar-refractivity contribution in [2.45, 2.75) is 4.90 Å². The maximum atomic E-state index is 13.3. The van der Waals surface area contributed by atoms with Gasteiger partial charge in [-0.15, -0.1) is 11.8 Å². The molecule has 0 aliphatic rings. The Morgan fingerprint density at radius 1 is 1.47 bits per heavy atom. The molecule has 90 valence electrons. The molecule has 0 aliphatic carbocycles. The number of nitrogen functional groups attached to an aromatic ring is 1. The monoisotopic (exact) mass is 257 g/mol. The molecular weight excluding hydrogens is 248 g/mol. The third-order valence-electron chi connectivity index (χ3n) is 1.73. The Bertz CT molecular complexity index is 450. The highest BCUT2D eigenvalue weighted by Crippen LogP contribution is 2.26. The van der Waals surface area contributed by atoms with E-state index >= 15 is 0 Å². The van der Waals surface area contributed by atoms with Gasteiger partial charge in [0.05, 0.1) is 16.7 Å². The van der Waals surface area contributed by atoms with Gasteiger partial charge in [0.1, 0.15) is 18.2 Å². The van der Waals surface area contributed by atoms with Crippen LogP contribution < -0.4 is 11.1 Å². The topological polar surface area (TPSA) is 78.9 Å². The summed E-state index contributed by atoms with van der Waals surface area (Å²) < 4.78 is 26.6. The van der Waals surface area contributed by atoms with E-state index in [-0.39, 0.29) is 22.9 Å². The Balaban J connectivity index is 2.64. The Kier molecular flexibility index (Phi) is 4.72. The molecule has 1 amide bonds. The van der Waals surface area contributed by atoms with Crippen molar-refractivity contribution < 1.29 is 13.6 Å². The number of rotatable bonds is 4. The summed E-state index contributed by atoms with van der Waals surface area (Å²) in [5.41, 5.74) is 5.23. The van der Waals surface area contributed by atoms with Crippen LogP contribution in [0.4, 0.5) is 14.5 Å². The van der Waals surface area contributed by atoms with Gasteiger partial charge in [0.15, 0.2) is 0 Å². The Morgan fingerprint density at radius 2 is 2.06 bits per heavy atom. The van der Waals surface area contributed by atoms with Crippen LogP contribution in [0.15, 0.2) is 17.0 Å². The van der Waals surface area contributed by atoms with Gasteiger partial charge in [-0.25, -0.2) is 8.78 Å². The molecule has 1 aromatic carbocycles. The molecule has 0 radical (unpaired) electrons. The standard InChI is InChI=1S/C10H9F2N3OS/c11-7-3-6(14)4-8(12)10(7)17-5-9(16)15-2-1-13/h3-4H,2,5,14H2,(H,15,16). The lowest BCUT2D eigenvalue weighted by Gasteiger charge is -2.05. The van der Waals surface area contributed by atoms with E-state index in [0.717, 1.165) is 12.1 Å². The van der Waals surface area contributed by atoms with Gasteiger partial charge in [-0.3, -0.25) is 4.79 Å². The van der Waals surface area contributed by atoms with Gasteiger partial charge in [-0.2, -0.15) is 5.26 Å². The van der Waals surface area contributed by atoms with Crippen molar-refractivity contribution in [2.24, 2.45) is 0 Å². The first kappa shape index (κ1) is 13.3. The summed E-state index contributed by atoms with van der Waals surface area (Å²) in [6.45, 7) is -0.133. The first-order chi connectivity index (χ1) is 8.04. The summed E-state index contributed by atoms with van der Waals surface area (Å²) in [6.07, 6.45) is 0. The third kappa shape index (κ3) is 3.92. The molecule has 0 bridgehead atoms. The first-order valence-electron chi connectivity index (χ1n) is 4.55. The molecule has 0 aliphatic heterocycles. The summed E-state index contributed by atoms with van der Waals surface area (Å²) in [4.78, 5) is 10.9. The number of carbonyl (C=O) groups is 1. The zero-order valence-electron chi connectivity index (χ0n) is 8.67. The Morgan fingerprint density at radius 3 is 2.59 bits per heavy atom. The van der Waals surface area contributed by atoms with E-state index in [0.29, 0.717) is 11.8 Å². The van der Waals surface area contributed by atoms with Crippen LogP contribution in [0.5, 0.6) is 0 Å². The summed E-state index contributed by atoms with van der Waals surface area (Å²) >= 11 is 0.714. The zero-order valence-corrected chi connectivity index (χ0v) is 9.48. The molecule has 17 heavy (non-hydrogen) atoms. The van der Waals surface area contributed by atoms with E-state index in [4.69, 9.17) is 11.0 Å². The number of anilines is 1. The summed E-state index contributed by atoms with van der Waals surface area (Å²) in [5, 5.41) is 10.5. The predicted molar refractivity (Wildman–Crippen MR) is 60.1 cm³/mol. The predicted octanol–water partition coefficient (Wildman–Crippen LogP) is 1.28. The van der Waals surface area contributed by atoms with Gasteiger partial charge >= 0.3 is 0 Å². The molecular formula is C10H9F2N3OS. The largest absolute Gasteiger partial charge is 0.399 e. The van der Waals surface area contributed by atoms with Gasteiger partial charge in [-0.05, 0) is 12.1 Å². The normalized spacial score (nSPS) is 9.71. The summed E-state index contributed by atoms with van der Waals surface area (Å²) in [5.74, 6) is -2.24. The number of nitriles is 1. The van der Waals surface area contributed by atoms with Crippen molar-refractivity contribution in [3.63, 3.8) is 0 Å². The number of carbonyl (C=O) groups excluding carboxylic acids is 1. The SMILES string of the molecule is N#CCNC(=O)CSc1c(F)cc(N)cc1F. The summed E-state index contributed by atoms with van der Waals surface area (Å²) in [6, 6.07) is 3.69. The van der Waals surface area contributed by atoms with Gasteiger partial charge in [0.2, 0.25) is 5.91 Å². The minimum absolute atomic E-state index is 0.0155. The quantitative estimate of drug-likeness (QED) is 0.484. The van der Waals surface area contributed by atoms with E-state index in [9.17, 15) is 13.6 Å². The van der Waals surface area contributed by atoms with E-state index in [1.807, 2.05) is 0 Å². The maximum absolute atomic E-state index is 13.3. The molecule has 0 atom stereocenters. The number of hydrogen-bond donors (Lipinski definition) is 2. The van der Waals surface area contributed by atoms with Crippen LogP contribution >= 0.6 is 11.8 Å². The van der Waals surface area contributed by atoms with Crippen LogP contribution in [0.2, 0.25) is 0 Å². The Labute approximate surface area is 101 Å². The molecule has 1 aromatic rings. The fourth-order valence-electron chi connectivity index (χ4n) is 1.04. The van der Waals surface area contributed by atoms with Crippen molar-refractivity contribution in [3.05, 3.63) is 23.8 Å². The van der Waals surface area contributed by atoms with Crippen molar-refractivity contribution >= 4 is 23.4 Å². The molecule has 1 rings (SSSR count). The highest BCUT2D eigenvalue weighted by atomic mass is 32.2. The molecule has 0 fully saturated rings. The number of hydrogen-bond acceptors (Lipinski definition) is 4. The van der Waals surface area contributed by atoms with Crippen molar-refractivity contribution in [1.82, 2.24) is 5.32 Å². The number of halogens is 2. The molecule has 7 heteroatoms. The molecule has 4 nitrogen and oxygen atoms in total. The van der Waals surface area contributed by atoms with Crippen LogP contribution in [0, 0.1) is 23.0 Å². The van der Waals surface area contributed by atoms with Gasteiger partial charge in [0, 0.05) is 5.69 Å². The van der Waals surface area contributed by atoms with Crippen LogP contribution in [-0.4, -0.2) is 18.2 Å². The average Bonchev–Trinajstić information content (AvgIpc) is 2.24. The Hall–Kier alpha value is -1.81. The molecule has 0 aromatic heterocycles. The van der Waals surface area contributed by atoms with E-state index in [1.165, 1.54) is 0 Å². The number of nitrogens with one attached hydrogen (secondary N) is 1. The number of amides is 1. The second-order valence-electron chi connectivity index (χ2n) is 3.04. The average molecular weight is 257 g/mol. The second kappa shape index (κ2) is 6.06. The molecule has 0 unspecified atom stereocenters. The van der Waals surface area contributed by atoms with Crippen molar-refractivity contribution in [1.29, 1.82) is 5.26 Å². The minimum atomic E-state index is -0.805. The number of nitrogens with two attached hydrogens (primary N) is 1. The zero-order chi connectivity index (χ0) is 12.8. The van der Waals surface area contributed by atoms with E-state index in [2.05, 4.69) is 5.32 Å². The lowest BCUT2D eigenvalue weighted by atomic mass is 10.3. The van der Waals surface area contributed by atoms with E-state index < -0.39 is 17.5 Å². The minimum Gasteiger partial charge on any atom is -0.399 e.